The number of hydrogen-bond acceptors (Lipinski definition) is 4. The summed E-state index contributed by atoms with van der Waals surface area (Å²) >= 11 is 13.6. The van der Waals surface area contributed by atoms with Gasteiger partial charge in [0.2, 0.25) is 0 Å². The summed E-state index contributed by atoms with van der Waals surface area (Å²) in [4.78, 5) is 8.27. The van der Waals surface area contributed by atoms with E-state index in [2.05, 4.69) is 15.3 Å². The Hall–Kier alpha value is -1.56. The molecule has 2 heterocycles. The number of para-hydroxylation sites is 1. The van der Waals surface area contributed by atoms with Crippen molar-refractivity contribution in [1.29, 1.82) is 0 Å². The molecule has 20 heavy (non-hydrogen) atoms. The highest BCUT2D eigenvalue weighted by atomic mass is 35.5. The van der Waals surface area contributed by atoms with Gasteiger partial charge >= 0.3 is 0 Å². The lowest BCUT2D eigenvalue weighted by molar-refractivity contribution is 1.04. The Morgan fingerprint density at radius 2 is 2.20 bits per heavy atom. The van der Waals surface area contributed by atoms with Crippen molar-refractivity contribution in [3.8, 4) is 5.69 Å². The third kappa shape index (κ3) is 2.80. The Morgan fingerprint density at radius 3 is 2.90 bits per heavy atom. The third-order valence-electron chi connectivity index (χ3n) is 2.70. The maximum Gasteiger partial charge on any atom is 0.113 e. The van der Waals surface area contributed by atoms with Crippen LogP contribution in [-0.4, -0.2) is 14.5 Å². The summed E-state index contributed by atoms with van der Waals surface area (Å²) in [6.45, 7) is 0.597. The number of anilines is 1. The SMILES string of the molecule is Clc1cnc(CNc2cccc(Cl)c2-n2ccnc2)s1. The van der Waals surface area contributed by atoms with Gasteiger partial charge in [0.15, 0.2) is 0 Å². The van der Waals surface area contributed by atoms with Crippen LogP contribution in [0.1, 0.15) is 5.01 Å². The van der Waals surface area contributed by atoms with Crippen molar-refractivity contribution in [2.45, 2.75) is 6.54 Å². The molecule has 102 valence electrons. The molecule has 0 atom stereocenters. The van der Waals surface area contributed by atoms with Crippen LogP contribution in [0.15, 0.2) is 43.1 Å². The Balaban J connectivity index is 1.88. The number of hydrogen-bond donors (Lipinski definition) is 1. The van der Waals surface area contributed by atoms with Gasteiger partial charge in [-0.05, 0) is 12.1 Å². The summed E-state index contributed by atoms with van der Waals surface area (Å²) in [5.41, 5.74) is 1.79. The Labute approximate surface area is 130 Å². The molecule has 3 rings (SSSR count). The van der Waals surface area contributed by atoms with E-state index in [9.17, 15) is 0 Å². The lowest BCUT2D eigenvalue weighted by Crippen LogP contribution is -2.04. The van der Waals surface area contributed by atoms with Gasteiger partial charge < -0.3 is 9.88 Å². The minimum absolute atomic E-state index is 0.597. The van der Waals surface area contributed by atoms with Crippen LogP contribution in [0.2, 0.25) is 9.36 Å². The number of imidazole rings is 1. The second-order valence-electron chi connectivity index (χ2n) is 4.02. The monoisotopic (exact) mass is 324 g/mol. The summed E-state index contributed by atoms with van der Waals surface area (Å²) in [7, 11) is 0. The van der Waals surface area contributed by atoms with Crippen molar-refractivity contribution in [3.63, 3.8) is 0 Å². The molecule has 0 saturated carbocycles. The predicted octanol–water partition coefficient (Wildman–Crippen LogP) is 4.25. The van der Waals surface area contributed by atoms with Gasteiger partial charge in [-0.1, -0.05) is 29.3 Å². The van der Waals surface area contributed by atoms with Gasteiger partial charge in [0, 0.05) is 12.4 Å². The fraction of sp³-hybridized carbons (Fsp3) is 0.0769. The zero-order valence-electron chi connectivity index (χ0n) is 10.3. The van der Waals surface area contributed by atoms with E-state index in [1.165, 1.54) is 11.3 Å². The fourth-order valence-corrected chi connectivity index (χ4v) is 3.02. The lowest BCUT2D eigenvalue weighted by Gasteiger charge is -2.13. The quantitative estimate of drug-likeness (QED) is 0.780. The van der Waals surface area contributed by atoms with Gasteiger partial charge in [0.25, 0.3) is 0 Å². The van der Waals surface area contributed by atoms with Crippen LogP contribution in [0.3, 0.4) is 0 Å². The smallest absolute Gasteiger partial charge is 0.113 e. The van der Waals surface area contributed by atoms with Gasteiger partial charge in [-0.15, -0.1) is 11.3 Å². The van der Waals surface area contributed by atoms with Gasteiger partial charge in [0.1, 0.15) is 9.34 Å². The molecule has 0 unspecified atom stereocenters. The first kappa shape index (κ1) is 13.4. The van der Waals surface area contributed by atoms with Gasteiger partial charge in [0.05, 0.1) is 35.5 Å². The minimum atomic E-state index is 0.597. The fourth-order valence-electron chi connectivity index (χ4n) is 1.85. The van der Waals surface area contributed by atoms with Crippen molar-refractivity contribution < 1.29 is 0 Å². The van der Waals surface area contributed by atoms with Crippen LogP contribution in [-0.2, 0) is 6.54 Å². The van der Waals surface area contributed by atoms with Crippen LogP contribution in [0.25, 0.3) is 5.69 Å². The zero-order valence-corrected chi connectivity index (χ0v) is 12.6. The topological polar surface area (TPSA) is 42.7 Å². The lowest BCUT2D eigenvalue weighted by atomic mass is 10.2. The molecule has 3 aromatic rings. The van der Waals surface area contributed by atoms with E-state index < -0.39 is 0 Å². The number of rotatable bonds is 4. The molecule has 0 fully saturated rings. The number of nitrogens with zero attached hydrogens (tertiary/aromatic N) is 3. The van der Waals surface area contributed by atoms with E-state index in [4.69, 9.17) is 23.2 Å². The molecule has 2 aromatic heterocycles. The molecule has 1 N–H and O–H groups in total. The second kappa shape index (κ2) is 5.83. The van der Waals surface area contributed by atoms with Crippen LogP contribution >= 0.6 is 34.5 Å². The summed E-state index contributed by atoms with van der Waals surface area (Å²) in [5, 5.41) is 4.91. The number of halogens is 2. The number of aromatic nitrogens is 3. The average Bonchev–Trinajstić information content (AvgIpc) is 3.08. The van der Waals surface area contributed by atoms with Crippen molar-refractivity contribution in [2.75, 3.05) is 5.32 Å². The first-order valence-electron chi connectivity index (χ1n) is 5.85. The minimum Gasteiger partial charge on any atom is -0.377 e. The summed E-state index contributed by atoms with van der Waals surface area (Å²) in [6, 6.07) is 5.72. The second-order valence-corrected chi connectivity index (χ2v) is 6.17. The average molecular weight is 325 g/mol. The Morgan fingerprint density at radius 1 is 1.30 bits per heavy atom. The van der Waals surface area contributed by atoms with Crippen LogP contribution in [0.4, 0.5) is 5.69 Å². The largest absolute Gasteiger partial charge is 0.377 e. The van der Waals surface area contributed by atoms with E-state index >= 15 is 0 Å². The van der Waals surface area contributed by atoms with E-state index in [0.717, 1.165) is 16.4 Å². The van der Waals surface area contributed by atoms with E-state index in [0.29, 0.717) is 15.9 Å². The number of thiazole rings is 1. The first-order chi connectivity index (χ1) is 9.74. The first-order valence-corrected chi connectivity index (χ1v) is 7.42. The molecular weight excluding hydrogens is 315 g/mol. The highest BCUT2D eigenvalue weighted by Gasteiger charge is 2.09. The summed E-state index contributed by atoms with van der Waals surface area (Å²) in [5.74, 6) is 0. The standard InChI is InChI=1S/C13H10Cl2N4S/c14-9-2-1-3-10(13(9)19-5-4-16-8-19)17-7-12-18-6-11(15)20-12/h1-6,8,17H,7H2. The third-order valence-corrected chi connectivity index (χ3v) is 4.12. The maximum atomic E-state index is 6.28. The number of nitrogens with one attached hydrogen (secondary N) is 1. The molecule has 7 heteroatoms. The van der Waals surface area contributed by atoms with Gasteiger partial charge in [-0.2, -0.15) is 0 Å². The molecule has 0 aliphatic carbocycles. The zero-order chi connectivity index (χ0) is 13.9. The Kier molecular flexibility index (Phi) is 3.91. The van der Waals surface area contributed by atoms with E-state index in [-0.39, 0.29) is 0 Å². The van der Waals surface area contributed by atoms with Crippen LogP contribution < -0.4 is 5.32 Å². The molecule has 0 bridgehead atoms. The van der Waals surface area contributed by atoms with Crippen molar-refractivity contribution in [2.24, 2.45) is 0 Å². The molecule has 0 radical (unpaired) electrons. The molecule has 4 nitrogen and oxygen atoms in total. The van der Waals surface area contributed by atoms with Gasteiger partial charge in [-0.3, -0.25) is 0 Å². The van der Waals surface area contributed by atoms with Crippen molar-refractivity contribution in [3.05, 3.63) is 57.5 Å². The molecule has 0 aliphatic heterocycles. The number of benzene rings is 1. The normalized spacial score (nSPS) is 10.7. The molecular formula is C13H10Cl2N4S. The summed E-state index contributed by atoms with van der Waals surface area (Å²) in [6.07, 6.45) is 6.94. The molecule has 0 aliphatic rings. The van der Waals surface area contributed by atoms with Gasteiger partial charge in [-0.25, -0.2) is 9.97 Å². The van der Waals surface area contributed by atoms with E-state index in [1.54, 1.807) is 18.7 Å². The van der Waals surface area contributed by atoms with Crippen LogP contribution in [0.5, 0.6) is 0 Å². The molecule has 1 aromatic carbocycles. The molecule has 0 spiro atoms. The van der Waals surface area contributed by atoms with Crippen LogP contribution in [0, 0.1) is 0 Å². The van der Waals surface area contributed by atoms with Crippen molar-refractivity contribution >= 4 is 40.2 Å². The highest BCUT2D eigenvalue weighted by molar-refractivity contribution is 7.15. The van der Waals surface area contributed by atoms with Crippen molar-refractivity contribution in [1.82, 2.24) is 14.5 Å². The molecule has 0 amide bonds. The maximum absolute atomic E-state index is 6.28. The summed E-state index contributed by atoms with van der Waals surface area (Å²) < 4.78 is 2.56. The Bertz CT molecular complexity index is 709. The van der Waals surface area contributed by atoms with E-state index in [1.807, 2.05) is 29.0 Å². The molecule has 0 saturated heterocycles. The highest BCUT2D eigenvalue weighted by Crippen LogP contribution is 2.29. The predicted molar refractivity (Wildman–Crippen MR) is 83.0 cm³/mol.